The van der Waals surface area contributed by atoms with Crippen LogP contribution in [-0.2, 0) is 17.5 Å². The molecule has 0 aliphatic carbocycles. The molecule has 5 rings (SSSR count). The number of hydrogen-bond donors (Lipinski definition) is 1. The molecule has 2 fully saturated rings. The summed E-state index contributed by atoms with van der Waals surface area (Å²) in [7, 11) is 1.82. The predicted octanol–water partition coefficient (Wildman–Crippen LogP) is 2.75. The van der Waals surface area contributed by atoms with E-state index in [1.165, 1.54) is 0 Å². The highest BCUT2D eigenvalue weighted by molar-refractivity contribution is 5.97. The minimum Gasteiger partial charge on any atom is -0.366 e. The van der Waals surface area contributed by atoms with E-state index in [4.69, 9.17) is 5.73 Å². The molecule has 0 saturated carbocycles. The van der Waals surface area contributed by atoms with Crippen molar-refractivity contribution < 1.29 is 22.8 Å². The molecule has 0 radical (unpaired) electrons. The number of carbonyl (C=O) groups is 2. The van der Waals surface area contributed by atoms with Gasteiger partial charge in [-0.3, -0.25) is 14.5 Å². The van der Waals surface area contributed by atoms with Crippen LogP contribution >= 0.6 is 0 Å². The number of piperidine rings is 1. The second-order valence-corrected chi connectivity index (χ2v) is 10.0. The second kappa shape index (κ2) is 10.2. The topological polar surface area (TPSA) is 101 Å². The van der Waals surface area contributed by atoms with Crippen LogP contribution in [0.15, 0.2) is 42.9 Å². The number of likely N-dealkylation sites (N-methyl/N-ethyl adjacent to an activating group) is 1. The number of rotatable bonds is 7. The highest BCUT2D eigenvalue weighted by Gasteiger charge is 2.34. The summed E-state index contributed by atoms with van der Waals surface area (Å²) >= 11 is 0. The fourth-order valence-electron chi connectivity index (χ4n) is 5.21. The summed E-state index contributed by atoms with van der Waals surface area (Å²) in [4.78, 5) is 38.3. The van der Waals surface area contributed by atoms with Gasteiger partial charge < -0.3 is 20.1 Å². The Morgan fingerprint density at radius 3 is 2.39 bits per heavy atom. The van der Waals surface area contributed by atoms with Crippen molar-refractivity contribution >= 4 is 28.7 Å². The summed E-state index contributed by atoms with van der Waals surface area (Å²) in [6.07, 6.45) is 1.50. The average molecular weight is 530 g/mol. The van der Waals surface area contributed by atoms with E-state index in [1.54, 1.807) is 11.0 Å². The fraction of sp³-hybridized carbons (Fsp3) is 0.462. The Morgan fingerprint density at radius 1 is 1.08 bits per heavy atom. The molecule has 9 nitrogen and oxygen atoms in total. The van der Waals surface area contributed by atoms with Crippen LogP contribution in [-0.4, -0.2) is 81.5 Å². The summed E-state index contributed by atoms with van der Waals surface area (Å²) < 4.78 is 40.4. The number of hydrogen-bond acceptors (Lipinski definition) is 6. The normalized spacial score (nSPS) is 18.9. The molecule has 3 aromatic rings. The van der Waals surface area contributed by atoms with Gasteiger partial charge in [0, 0.05) is 75.0 Å². The Kier molecular flexibility index (Phi) is 6.99. The SMILES string of the molecule is CN(C(=O)CN1CCC1Cn1ccc2ccc(C(N)=O)cc21)C1CCN(c2ncc(C(F)(F)F)cn2)CC1. The molecule has 38 heavy (non-hydrogen) atoms. The first-order valence-corrected chi connectivity index (χ1v) is 12.6. The Morgan fingerprint density at radius 2 is 1.79 bits per heavy atom. The second-order valence-electron chi connectivity index (χ2n) is 10.0. The molecule has 2 aliphatic rings. The molecule has 1 atom stereocenters. The summed E-state index contributed by atoms with van der Waals surface area (Å²) in [5, 5.41) is 1.03. The van der Waals surface area contributed by atoms with Gasteiger partial charge in [0.05, 0.1) is 12.1 Å². The number of likely N-dealkylation sites (tertiary alicyclic amines) is 1. The average Bonchev–Trinajstić information content (AvgIpc) is 3.31. The van der Waals surface area contributed by atoms with Crippen LogP contribution in [0.4, 0.5) is 19.1 Å². The van der Waals surface area contributed by atoms with E-state index in [1.807, 2.05) is 36.3 Å². The molecule has 202 valence electrons. The van der Waals surface area contributed by atoms with Crippen molar-refractivity contribution in [2.75, 3.05) is 38.1 Å². The lowest BCUT2D eigenvalue weighted by atomic mass is 10.0. The molecule has 0 spiro atoms. The third-order valence-corrected chi connectivity index (χ3v) is 7.72. The molecular weight excluding hydrogens is 499 g/mol. The number of alkyl halides is 3. The van der Waals surface area contributed by atoms with Crippen LogP contribution in [0.3, 0.4) is 0 Å². The van der Waals surface area contributed by atoms with Gasteiger partial charge in [-0.05, 0) is 42.8 Å². The van der Waals surface area contributed by atoms with Gasteiger partial charge in [0.1, 0.15) is 0 Å². The zero-order chi connectivity index (χ0) is 27.0. The van der Waals surface area contributed by atoms with Crippen LogP contribution in [0.2, 0.25) is 0 Å². The number of carbonyl (C=O) groups excluding carboxylic acids is 2. The number of benzene rings is 1. The van der Waals surface area contributed by atoms with Crippen molar-refractivity contribution in [1.82, 2.24) is 24.3 Å². The number of nitrogens with two attached hydrogens (primary N) is 1. The van der Waals surface area contributed by atoms with Gasteiger partial charge in [0.15, 0.2) is 0 Å². The molecule has 1 aromatic carbocycles. The lowest BCUT2D eigenvalue weighted by Gasteiger charge is -2.43. The van der Waals surface area contributed by atoms with E-state index in [2.05, 4.69) is 19.4 Å². The van der Waals surface area contributed by atoms with Gasteiger partial charge in [0.25, 0.3) is 0 Å². The van der Waals surface area contributed by atoms with E-state index >= 15 is 0 Å². The highest BCUT2D eigenvalue weighted by atomic mass is 19.4. The molecule has 0 bridgehead atoms. The number of primary amides is 1. The molecule has 1 unspecified atom stereocenters. The van der Waals surface area contributed by atoms with Gasteiger partial charge in [-0.2, -0.15) is 13.2 Å². The molecular formula is C26H30F3N7O2. The van der Waals surface area contributed by atoms with Gasteiger partial charge in [-0.25, -0.2) is 9.97 Å². The molecule has 2 saturated heterocycles. The first-order valence-electron chi connectivity index (χ1n) is 12.6. The Hall–Kier alpha value is -3.67. The van der Waals surface area contributed by atoms with E-state index in [0.29, 0.717) is 44.6 Å². The number of amides is 2. The first-order chi connectivity index (χ1) is 18.1. The fourth-order valence-corrected chi connectivity index (χ4v) is 5.21. The predicted molar refractivity (Wildman–Crippen MR) is 135 cm³/mol. The van der Waals surface area contributed by atoms with Gasteiger partial charge in [-0.1, -0.05) is 6.07 Å². The van der Waals surface area contributed by atoms with Crippen molar-refractivity contribution in [2.45, 2.75) is 44.1 Å². The molecule has 2 aromatic heterocycles. The number of halogens is 3. The lowest BCUT2D eigenvalue weighted by molar-refractivity contribution is -0.138. The minimum atomic E-state index is -4.46. The van der Waals surface area contributed by atoms with Crippen LogP contribution in [0.25, 0.3) is 10.9 Å². The van der Waals surface area contributed by atoms with E-state index in [9.17, 15) is 22.8 Å². The third-order valence-electron chi connectivity index (χ3n) is 7.72. The van der Waals surface area contributed by atoms with E-state index < -0.39 is 17.6 Å². The zero-order valence-corrected chi connectivity index (χ0v) is 21.1. The van der Waals surface area contributed by atoms with Crippen molar-refractivity contribution in [3.8, 4) is 0 Å². The minimum absolute atomic E-state index is 0.0484. The largest absolute Gasteiger partial charge is 0.419 e. The number of aromatic nitrogens is 3. The van der Waals surface area contributed by atoms with Crippen LogP contribution in [0, 0.1) is 0 Å². The van der Waals surface area contributed by atoms with Crippen molar-refractivity contribution in [2.24, 2.45) is 5.73 Å². The van der Waals surface area contributed by atoms with Crippen LogP contribution in [0.5, 0.6) is 0 Å². The number of fused-ring (bicyclic) bond motifs is 1. The van der Waals surface area contributed by atoms with Crippen LogP contribution in [0.1, 0.15) is 35.2 Å². The third kappa shape index (κ3) is 5.31. The van der Waals surface area contributed by atoms with Crippen molar-refractivity contribution in [1.29, 1.82) is 0 Å². The summed E-state index contributed by atoms with van der Waals surface area (Å²) in [5.41, 5.74) is 5.98. The summed E-state index contributed by atoms with van der Waals surface area (Å²) in [6.45, 7) is 3.02. The lowest BCUT2D eigenvalue weighted by Crippen LogP contribution is -2.55. The first kappa shape index (κ1) is 26.0. The maximum absolute atomic E-state index is 13.1. The van der Waals surface area contributed by atoms with Gasteiger partial charge in [0.2, 0.25) is 17.8 Å². The van der Waals surface area contributed by atoms with Crippen molar-refractivity contribution in [3.05, 3.63) is 54.0 Å². The maximum atomic E-state index is 13.1. The molecule has 4 heterocycles. The molecule has 2 N–H and O–H groups in total. The monoisotopic (exact) mass is 529 g/mol. The standard InChI is InChI=1S/C26H30F3N7O2/c1-33(20-5-9-34(10-6-20)25-31-13-19(14-32-25)26(27,28)29)23(37)16-35-11-7-21(35)15-36-8-4-17-2-3-18(24(30)38)12-22(17)36/h2-4,8,12-14,20-21H,5-7,9-11,15-16H2,1H3,(H2,30,38). The molecule has 12 heteroatoms. The maximum Gasteiger partial charge on any atom is 0.419 e. The van der Waals surface area contributed by atoms with E-state index in [0.717, 1.165) is 36.3 Å². The van der Waals surface area contributed by atoms with Gasteiger partial charge >= 0.3 is 6.18 Å². The smallest absolute Gasteiger partial charge is 0.366 e. The highest BCUT2D eigenvalue weighted by Crippen LogP contribution is 2.29. The van der Waals surface area contributed by atoms with E-state index in [-0.39, 0.29) is 23.9 Å². The quantitative estimate of drug-likeness (QED) is 0.505. The molecule has 2 aliphatic heterocycles. The Labute approximate surface area is 218 Å². The number of nitrogens with zero attached hydrogens (tertiary/aromatic N) is 6. The Bertz CT molecular complexity index is 1320. The molecule has 2 amide bonds. The van der Waals surface area contributed by atoms with Gasteiger partial charge in [-0.15, -0.1) is 0 Å². The number of anilines is 1. The summed E-state index contributed by atoms with van der Waals surface area (Å²) in [6, 6.07) is 7.69. The summed E-state index contributed by atoms with van der Waals surface area (Å²) in [5.74, 6) is -0.141. The van der Waals surface area contributed by atoms with Crippen molar-refractivity contribution in [3.63, 3.8) is 0 Å². The Balaban J connectivity index is 1.13. The van der Waals surface area contributed by atoms with Crippen LogP contribution < -0.4 is 10.6 Å². The zero-order valence-electron chi connectivity index (χ0n) is 21.1.